The van der Waals surface area contributed by atoms with Gasteiger partial charge in [-0.05, 0) is 20.9 Å². The topological polar surface area (TPSA) is 77.0 Å². The molecule has 0 spiro atoms. The maximum atomic E-state index is 10.3. The lowest BCUT2D eigenvalue weighted by Gasteiger charge is -2.42. The molecule has 0 aliphatic carbocycles. The monoisotopic (exact) mass is 233 g/mol. The first-order valence-electron chi connectivity index (χ1n) is 5.15. The molecule has 0 radical (unpaired) electrons. The lowest BCUT2D eigenvalue weighted by molar-refractivity contribution is -0.276. The molecule has 6 heteroatoms. The third-order valence-electron chi connectivity index (χ3n) is 2.53. The number of rotatable bonds is 5. The van der Waals surface area contributed by atoms with Crippen LogP contribution in [0.3, 0.4) is 0 Å². The summed E-state index contributed by atoms with van der Waals surface area (Å²) >= 11 is 0. The molecule has 0 amide bonds. The van der Waals surface area contributed by atoms with Crippen LogP contribution in [0.15, 0.2) is 0 Å². The van der Waals surface area contributed by atoms with E-state index in [1.54, 1.807) is 7.05 Å². The summed E-state index contributed by atoms with van der Waals surface area (Å²) in [6.45, 7) is 4.46. The van der Waals surface area contributed by atoms with Crippen molar-refractivity contribution < 1.29 is 24.1 Å². The molecule has 1 aliphatic rings. The van der Waals surface area contributed by atoms with Crippen LogP contribution in [0.5, 0.6) is 0 Å². The molecule has 16 heavy (non-hydrogen) atoms. The Morgan fingerprint density at radius 2 is 2.00 bits per heavy atom. The summed E-state index contributed by atoms with van der Waals surface area (Å²) in [4.78, 5) is 10.3. The van der Waals surface area contributed by atoms with Crippen molar-refractivity contribution in [3.8, 4) is 0 Å². The first-order chi connectivity index (χ1) is 7.39. The lowest BCUT2D eigenvalue weighted by Crippen LogP contribution is -2.61. The van der Waals surface area contributed by atoms with Crippen LogP contribution < -0.4 is 5.32 Å². The summed E-state index contributed by atoms with van der Waals surface area (Å²) in [5.74, 6) is -1.57. The van der Waals surface area contributed by atoms with Gasteiger partial charge in [0.05, 0.1) is 25.4 Å². The van der Waals surface area contributed by atoms with E-state index in [9.17, 15) is 4.79 Å². The molecule has 0 saturated carbocycles. The van der Waals surface area contributed by atoms with E-state index in [-0.39, 0.29) is 13.2 Å². The molecule has 0 aromatic rings. The average molecular weight is 233 g/mol. The molecule has 0 aromatic carbocycles. The summed E-state index contributed by atoms with van der Waals surface area (Å²) in [6, 6.07) is 0. The predicted molar refractivity (Wildman–Crippen MR) is 56.2 cm³/mol. The molecule has 1 aliphatic heterocycles. The van der Waals surface area contributed by atoms with Crippen molar-refractivity contribution in [1.29, 1.82) is 0 Å². The summed E-state index contributed by atoms with van der Waals surface area (Å²) in [7, 11) is 1.77. The minimum atomic E-state index is -0.982. The van der Waals surface area contributed by atoms with Crippen molar-refractivity contribution in [2.24, 2.45) is 0 Å². The number of carbonyl (C=O) groups is 1. The van der Waals surface area contributed by atoms with Crippen LogP contribution >= 0.6 is 0 Å². The number of hydrogen-bond acceptors (Lipinski definition) is 5. The number of aliphatic carboxylic acids is 1. The van der Waals surface area contributed by atoms with Crippen LogP contribution in [0, 0.1) is 0 Å². The van der Waals surface area contributed by atoms with Gasteiger partial charge in [0.1, 0.15) is 6.61 Å². The third kappa shape index (κ3) is 3.71. The van der Waals surface area contributed by atoms with E-state index in [4.69, 9.17) is 19.3 Å². The second-order valence-corrected chi connectivity index (χ2v) is 4.39. The zero-order chi connectivity index (χ0) is 12.2. The second kappa shape index (κ2) is 5.09. The van der Waals surface area contributed by atoms with Crippen molar-refractivity contribution in [3.05, 3.63) is 0 Å². The normalized spacial score (nSPS) is 22.9. The second-order valence-electron chi connectivity index (χ2n) is 4.39. The lowest BCUT2D eigenvalue weighted by atomic mass is 10.0. The van der Waals surface area contributed by atoms with Gasteiger partial charge in [0.15, 0.2) is 5.79 Å². The molecule has 1 heterocycles. The van der Waals surface area contributed by atoms with Crippen LogP contribution in [0.25, 0.3) is 0 Å². The zero-order valence-corrected chi connectivity index (χ0v) is 9.91. The van der Waals surface area contributed by atoms with Gasteiger partial charge in [0.25, 0.3) is 0 Å². The quantitative estimate of drug-likeness (QED) is 0.686. The van der Waals surface area contributed by atoms with E-state index in [1.165, 1.54) is 0 Å². The van der Waals surface area contributed by atoms with Crippen molar-refractivity contribution in [2.45, 2.75) is 25.2 Å². The van der Waals surface area contributed by atoms with Crippen LogP contribution in [0.4, 0.5) is 0 Å². The molecule has 94 valence electrons. The van der Waals surface area contributed by atoms with Gasteiger partial charge in [-0.25, -0.2) is 4.79 Å². The highest BCUT2D eigenvalue weighted by Gasteiger charge is 2.39. The molecular weight excluding hydrogens is 214 g/mol. The first-order valence-corrected chi connectivity index (χ1v) is 5.15. The molecular formula is C10H19NO5. The Labute approximate surface area is 94.9 Å². The van der Waals surface area contributed by atoms with Crippen LogP contribution in [0.2, 0.25) is 0 Å². The molecule has 0 bridgehead atoms. The number of carboxylic acids is 1. The van der Waals surface area contributed by atoms with Gasteiger partial charge >= 0.3 is 5.97 Å². The SMILES string of the molecule is CNC1(COCC(=O)O)COC(C)(C)OC1. The summed E-state index contributed by atoms with van der Waals surface area (Å²) in [5, 5.41) is 11.5. The molecule has 0 unspecified atom stereocenters. The average Bonchev–Trinajstić information content (AvgIpc) is 2.21. The molecule has 1 rings (SSSR count). The van der Waals surface area contributed by atoms with Gasteiger partial charge in [-0.15, -0.1) is 0 Å². The highest BCUT2D eigenvalue weighted by molar-refractivity contribution is 5.67. The van der Waals surface area contributed by atoms with Gasteiger partial charge in [-0.2, -0.15) is 0 Å². The zero-order valence-electron chi connectivity index (χ0n) is 9.91. The van der Waals surface area contributed by atoms with Crippen molar-refractivity contribution >= 4 is 5.97 Å². The summed E-state index contributed by atoms with van der Waals surface area (Å²) in [5.41, 5.74) is -0.467. The van der Waals surface area contributed by atoms with Gasteiger partial charge < -0.3 is 24.6 Å². The predicted octanol–water partition coefficient (Wildman–Crippen LogP) is -0.171. The minimum absolute atomic E-state index is 0.242. The van der Waals surface area contributed by atoms with Crippen molar-refractivity contribution in [2.75, 3.05) is 33.5 Å². The number of carboxylic acid groups (broad SMARTS) is 1. The van der Waals surface area contributed by atoms with E-state index in [0.29, 0.717) is 13.2 Å². The molecule has 1 saturated heterocycles. The summed E-state index contributed by atoms with van der Waals surface area (Å²) in [6.07, 6.45) is 0. The fourth-order valence-corrected chi connectivity index (χ4v) is 1.34. The Bertz CT molecular complexity index is 244. The number of ether oxygens (including phenoxy) is 3. The largest absolute Gasteiger partial charge is 0.480 e. The van der Waals surface area contributed by atoms with Crippen molar-refractivity contribution in [3.63, 3.8) is 0 Å². The maximum absolute atomic E-state index is 10.3. The van der Waals surface area contributed by atoms with E-state index in [1.807, 2.05) is 13.8 Å². The molecule has 1 fully saturated rings. The smallest absolute Gasteiger partial charge is 0.329 e. The molecule has 2 N–H and O–H groups in total. The van der Waals surface area contributed by atoms with E-state index in [0.717, 1.165) is 0 Å². The van der Waals surface area contributed by atoms with Crippen LogP contribution in [-0.2, 0) is 19.0 Å². The molecule has 0 atom stereocenters. The highest BCUT2D eigenvalue weighted by atomic mass is 16.7. The highest BCUT2D eigenvalue weighted by Crippen LogP contribution is 2.23. The van der Waals surface area contributed by atoms with Crippen LogP contribution in [-0.4, -0.2) is 55.9 Å². The van der Waals surface area contributed by atoms with Gasteiger partial charge in [-0.1, -0.05) is 0 Å². The van der Waals surface area contributed by atoms with E-state index < -0.39 is 17.3 Å². The van der Waals surface area contributed by atoms with Gasteiger partial charge in [0.2, 0.25) is 0 Å². The fourth-order valence-electron chi connectivity index (χ4n) is 1.34. The Morgan fingerprint density at radius 3 is 2.44 bits per heavy atom. The summed E-state index contributed by atoms with van der Waals surface area (Å²) < 4.78 is 16.1. The first kappa shape index (κ1) is 13.4. The van der Waals surface area contributed by atoms with E-state index >= 15 is 0 Å². The molecule has 6 nitrogen and oxygen atoms in total. The number of nitrogens with one attached hydrogen (secondary N) is 1. The van der Waals surface area contributed by atoms with Gasteiger partial charge in [-0.3, -0.25) is 0 Å². The minimum Gasteiger partial charge on any atom is -0.480 e. The van der Waals surface area contributed by atoms with Crippen LogP contribution in [0.1, 0.15) is 13.8 Å². The maximum Gasteiger partial charge on any atom is 0.329 e. The Morgan fingerprint density at radius 1 is 1.44 bits per heavy atom. The standard InChI is InChI=1S/C10H19NO5/c1-9(2)15-6-10(11-3,7-16-9)5-14-4-8(12)13/h11H,4-7H2,1-3H3,(H,12,13). The Kier molecular flexibility index (Phi) is 4.26. The van der Waals surface area contributed by atoms with E-state index in [2.05, 4.69) is 5.32 Å². The Balaban J connectivity index is 2.43. The van der Waals surface area contributed by atoms with Crippen molar-refractivity contribution in [1.82, 2.24) is 5.32 Å². The molecule has 0 aromatic heterocycles. The Hall–Kier alpha value is -0.690. The number of hydrogen-bond donors (Lipinski definition) is 2. The fraction of sp³-hybridized carbons (Fsp3) is 0.900. The van der Waals surface area contributed by atoms with Gasteiger partial charge in [0, 0.05) is 0 Å². The third-order valence-corrected chi connectivity index (χ3v) is 2.53. The number of likely N-dealkylation sites (N-methyl/N-ethyl adjacent to an activating group) is 1.